The molecule has 0 radical (unpaired) electrons. The Hall–Kier alpha value is -1.72. The number of rotatable bonds is 5. The number of nitrogens with zero attached hydrogens (tertiary/aromatic N) is 2. The lowest BCUT2D eigenvalue weighted by Gasteiger charge is -2.19. The minimum atomic E-state index is 0.0165. The molecule has 1 heterocycles. The number of thiophene rings is 1. The molecule has 2 rings (SSSR count). The predicted octanol–water partition coefficient (Wildman–Crippen LogP) is 3.17. The van der Waals surface area contributed by atoms with Crippen molar-refractivity contribution in [3.05, 3.63) is 51.2 Å². The normalized spacial score (nSPS) is 11.6. The summed E-state index contributed by atoms with van der Waals surface area (Å²) in [5.41, 5.74) is 7.08. The van der Waals surface area contributed by atoms with Crippen LogP contribution in [0.3, 0.4) is 0 Å². The maximum atomic E-state index is 8.68. The highest BCUT2D eigenvalue weighted by Crippen LogP contribution is 2.23. The Labute approximate surface area is 127 Å². The Balaban J connectivity index is 2.07. The van der Waals surface area contributed by atoms with Crippen molar-refractivity contribution >= 4 is 34.5 Å². The first-order valence-electron chi connectivity index (χ1n) is 6.13. The van der Waals surface area contributed by atoms with Crippen LogP contribution in [0.25, 0.3) is 0 Å². The van der Waals surface area contributed by atoms with Gasteiger partial charge in [0, 0.05) is 29.7 Å². The van der Waals surface area contributed by atoms with E-state index < -0.39 is 0 Å². The number of benzene rings is 1. The predicted molar refractivity (Wildman–Crippen MR) is 85.3 cm³/mol. The Morgan fingerprint density at radius 2 is 2.25 bits per heavy atom. The summed E-state index contributed by atoms with van der Waals surface area (Å²) >= 11 is 7.91. The quantitative estimate of drug-likeness (QED) is 0.386. The molecule has 0 amide bonds. The van der Waals surface area contributed by atoms with Gasteiger partial charge in [-0.2, -0.15) is 0 Å². The second kappa shape index (κ2) is 6.63. The summed E-state index contributed by atoms with van der Waals surface area (Å²) in [7, 11) is 2.02. The van der Waals surface area contributed by atoms with E-state index in [1.807, 2.05) is 19.2 Å². The second-order valence-electron chi connectivity index (χ2n) is 4.40. The van der Waals surface area contributed by atoms with Crippen LogP contribution in [-0.4, -0.2) is 24.6 Å². The zero-order chi connectivity index (χ0) is 14.5. The number of oxime groups is 1. The number of halogens is 1. The highest BCUT2D eigenvalue weighted by molar-refractivity contribution is 7.09. The standard InChI is InChI=1S/C14H16ClN3OS/c1-18(7-6-11-3-2-8-20-11)10-4-5-12(13(15)9-10)14(16)17-19/h2-5,8-9,19H,6-7H2,1H3,(H2,16,17). The van der Waals surface area contributed by atoms with Crippen LogP contribution in [0.5, 0.6) is 0 Å². The van der Waals surface area contributed by atoms with Gasteiger partial charge in [-0.1, -0.05) is 22.8 Å². The molecule has 0 saturated carbocycles. The summed E-state index contributed by atoms with van der Waals surface area (Å²) in [6, 6.07) is 9.68. The van der Waals surface area contributed by atoms with Crippen LogP contribution >= 0.6 is 22.9 Å². The van der Waals surface area contributed by atoms with Crippen LogP contribution in [0.1, 0.15) is 10.4 Å². The van der Waals surface area contributed by atoms with Crippen molar-refractivity contribution in [1.29, 1.82) is 0 Å². The van der Waals surface area contributed by atoms with Crippen LogP contribution in [0, 0.1) is 0 Å². The van der Waals surface area contributed by atoms with Crippen molar-refractivity contribution in [2.24, 2.45) is 10.9 Å². The number of likely N-dealkylation sites (N-methyl/N-ethyl adjacent to an activating group) is 1. The number of hydrogen-bond acceptors (Lipinski definition) is 4. The molecule has 0 spiro atoms. The number of anilines is 1. The molecule has 0 aliphatic rings. The maximum Gasteiger partial charge on any atom is 0.171 e. The minimum absolute atomic E-state index is 0.0165. The van der Waals surface area contributed by atoms with Gasteiger partial charge < -0.3 is 15.8 Å². The Morgan fingerprint density at radius 3 is 2.85 bits per heavy atom. The fourth-order valence-electron chi connectivity index (χ4n) is 1.86. The molecule has 20 heavy (non-hydrogen) atoms. The third kappa shape index (κ3) is 3.43. The Bertz CT molecular complexity index is 598. The summed E-state index contributed by atoms with van der Waals surface area (Å²) < 4.78 is 0. The smallest absolute Gasteiger partial charge is 0.171 e. The molecule has 0 atom stereocenters. The molecular weight excluding hydrogens is 294 g/mol. The van der Waals surface area contributed by atoms with Crippen LogP contribution in [0.4, 0.5) is 5.69 Å². The molecule has 1 aromatic heterocycles. The van der Waals surface area contributed by atoms with Crippen LogP contribution < -0.4 is 10.6 Å². The first-order valence-corrected chi connectivity index (χ1v) is 7.38. The van der Waals surface area contributed by atoms with Crippen molar-refractivity contribution in [3.63, 3.8) is 0 Å². The van der Waals surface area contributed by atoms with Crippen molar-refractivity contribution in [2.45, 2.75) is 6.42 Å². The first kappa shape index (κ1) is 14.7. The molecule has 0 bridgehead atoms. The van der Waals surface area contributed by atoms with Gasteiger partial charge in [0.2, 0.25) is 0 Å². The summed E-state index contributed by atoms with van der Waals surface area (Å²) in [5, 5.41) is 14.2. The van der Waals surface area contributed by atoms with E-state index >= 15 is 0 Å². The van der Waals surface area contributed by atoms with Crippen molar-refractivity contribution in [3.8, 4) is 0 Å². The third-order valence-corrected chi connectivity index (χ3v) is 4.30. The van der Waals surface area contributed by atoms with E-state index in [4.69, 9.17) is 22.5 Å². The van der Waals surface area contributed by atoms with Crippen LogP contribution in [0.2, 0.25) is 5.02 Å². The number of amidine groups is 1. The van der Waals surface area contributed by atoms with Gasteiger partial charge >= 0.3 is 0 Å². The highest BCUT2D eigenvalue weighted by atomic mass is 35.5. The molecule has 1 aromatic carbocycles. The zero-order valence-corrected chi connectivity index (χ0v) is 12.7. The van der Waals surface area contributed by atoms with Gasteiger partial charge in [0.05, 0.1) is 5.02 Å². The third-order valence-electron chi connectivity index (χ3n) is 3.05. The van der Waals surface area contributed by atoms with E-state index in [9.17, 15) is 0 Å². The number of nitrogens with two attached hydrogens (primary N) is 1. The monoisotopic (exact) mass is 309 g/mol. The van der Waals surface area contributed by atoms with E-state index in [0.29, 0.717) is 10.6 Å². The van der Waals surface area contributed by atoms with Gasteiger partial charge in [0.25, 0.3) is 0 Å². The molecule has 0 aliphatic carbocycles. The largest absolute Gasteiger partial charge is 0.409 e. The average molecular weight is 310 g/mol. The highest BCUT2D eigenvalue weighted by Gasteiger charge is 2.09. The molecular formula is C14H16ClN3OS. The van der Waals surface area contributed by atoms with E-state index in [-0.39, 0.29) is 5.84 Å². The molecule has 106 valence electrons. The van der Waals surface area contributed by atoms with E-state index in [1.54, 1.807) is 17.4 Å². The van der Waals surface area contributed by atoms with Crippen molar-refractivity contribution < 1.29 is 5.21 Å². The number of hydrogen-bond donors (Lipinski definition) is 2. The van der Waals surface area contributed by atoms with Crippen molar-refractivity contribution in [2.75, 3.05) is 18.5 Å². The van der Waals surface area contributed by atoms with E-state index in [0.717, 1.165) is 18.7 Å². The minimum Gasteiger partial charge on any atom is -0.409 e. The summed E-state index contributed by atoms with van der Waals surface area (Å²) in [6.45, 7) is 0.903. The maximum absolute atomic E-state index is 8.68. The van der Waals surface area contributed by atoms with Gasteiger partial charge in [0.15, 0.2) is 5.84 Å². The van der Waals surface area contributed by atoms with Crippen molar-refractivity contribution in [1.82, 2.24) is 0 Å². The van der Waals surface area contributed by atoms with E-state index in [2.05, 4.69) is 27.6 Å². The topological polar surface area (TPSA) is 61.8 Å². The lowest BCUT2D eigenvalue weighted by molar-refractivity contribution is 0.318. The van der Waals surface area contributed by atoms with Gasteiger partial charge in [-0.15, -0.1) is 11.3 Å². The van der Waals surface area contributed by atoms with Gasteiger partial charge in [0.1, 0.15) is 0 Å². The summed E-state index contributed by atoms with van der Waals surface area (Å²) in [6.07, 6.45) is 0.994. The summed E-state index contributed by atoms with van der Waals surface area (Å²) in [4.78, 5) is 3.48. The van der Waals surface area contributed by atoms with E-state index in [1.165, 1.54) is 4.88 Å². The Kier molecular flexibility index (Phi) is 4.87. The zero-order valence-electron chi connectivity index (χ0n) is 11.1. The molecule has 0 fully saturated rings. The lowest BCUT2D eigenvalue weighted by Crippen LogP contribution is -2.20. The molecule has 6 heteroatoms. The molecule has 0 aliphatic heterocycles. The molecule has 3 N–H and O–H groups in total. The van der Waals surface area contributed by atoms with Gasteiger partial charge in [-0.3, -0.25) is 0 Å². The lowest BCUT2D eigenvalue weighted by atomic mass is 10.1. The van der Waals surface area contributed by atoms with Gasteiger partial charge in [-0.25, -0.2) is 0 Å². The summed E-state index contributed by atoms with van der Waals surface area (Å²) in [5.74, 6) is 0.0165. The Morgan fingerprint density at radius 1 is 1.45 bits per heavy atom. The average Bonchev–Trinajstić information content (AvgIpc) is 2.97. The van der Waals surface area contributed by atoms with Crippen LogP contribution in [-0.2, 0) is 6.42 Å². The molecule has 0 saturated heterocycles. The SMILES string of the molecule is CN(CCc1cccs1)c1ccc(C(N)=NO)c(Cl)c1. The molecule has 4 nitrogen and oxygen atoms in total. The molecule has 2 aromatic rings. The first-order chi connectivity index (χ1) is 9.61. The van der Waals surface area contributed by atoms with Crippen LogP contribution in [0.15, 0.2) is 40.9 Å². The fourth-order valence-corrected chi connectivity index (χ4v) is 2.83. The fraction of sp³-hybridized carbons (Fsp3) is 0.214. The second-order valence-corrected chi connectivity index (χ2v) is 5.84. The molecule has 0 unspecified atom stereocenters. The van der Waals surface area contributed by atoms with Gasteiger partial charge in [-0.05, 0) is 36.1 Å².